The fourth-order valence-corrected chi connectivity index (χ4v) is 2.11. The van der Waals surface area contributed by atoms with Crippen LogP contribution in [0, 0.1) is 0 Å². The number of aliphatic hydroxyl groups excluding tert-OH is 1. The Hall–Kier alpha value is -1.06. The number of aryl methyl sites for hydroxylation is 1. The molecule has 0 aromatic heterocycles. The smallest absolute Gasteiger partial charge is 0.0434 e. The molecule has 0 radical (unpaired) electrons. The van der Waals surface area contributed by atoms with Crippen LogP contribution in [-0.2, 0) is 6.42 Å². The van der Waals surface area contributed by atoms with Crippen molar-refractivity contribution < 1.29 is 5.11 Å². The number of aliphatic hydroxyl groups is 1. The fraction of sp³-hybridized carbons (Fsp3) is 0.538. The topological polar surface area (TPSA) is 44.3 Å². The number of benzene rings is 1. The lowest BCUT2D eigenvalue weighted by atomic mass is 10.1. The molecule has 1 aromatic carbocycles. The molecule has 3 nitrogen and oxygen atoms in total. The van der Waals surface area contributed by atoms with Crippen LogP contribution in [0.2, 0.25) is 0 Å². The van der Waals surface area contributed by atoms with Crippen LogP contribution < -0.4 is 10.6 Å². The summed E-state index contributed by atoms with van der Waals surface area (Å²) in [7, 11) is 0. The highest BCUT2D eigenvalue weighted by atomic mass is 16.2. The third kappa shape index (κ3) is 3.22. The van der Waals surface area contributed by atoms with E-state index in [1.807, 2.05) is 0 Å². The first kappa shape index (κ1) is 11.4. The van der Waals surface area contributed by atoms with E-state index in [0.29, 0.717) is 6.04 Å². The lowest BCUT2D eigenvalue weighted by molar-refractivity contribution is 0.288. The molecule has 1 aliphatic heterocycles. The van der Waals surface area contributed by atoms with Gasteiger partial charge in [-0.25, -0.2) is 0 Å². The van der Waals surface area contributed by atoms with Gasteiger partial charge < -0.3 is 15.7 Å². The predicted molar refractivity (Wildman–Crippen MR) is 66.7 cm³/mol. The SMILES string of the molecule is OCCCc1cccc(NC2CCNC2)c1. The zero-order valence-corrected chi connectivity index (χ0v) is 9.58. The molecule has 1 fully saturated rings. The number of hydrogen-bond acceptors (Lipinski definition) is 3. The summed E-state index contributed by atoms with van der Waals surface area (Å²) in [4.78, 5) is 0. The summed E-state index contributed by atoms with van der Waals surface area (Å²) in [6, 6.07) is 9.06. The number of rotatable bonds is 5. The first-order chi connectivity index (χ1) is 7.88. The van der Waals surface area contributed by atoms with Crippen LogP contribution in [0.25, 0.3) is 0 Å². The predicted octanol–water partition coefficient (Wildman–Crippen LogP) is 1.39. The fourth-order valence-electron chi connectivity index (χ4n) is 2.11. The average Bonchev–Trinajstić information content (AvgIpc) is 2.80. The molecule has 88 valence electrons. The molecule has 3 N–H and O–H groups in total. The van der Waals surface area contributed by atoms with E-state index in [-0.39, 0.29) is 6.61 Å². The van der Waals surface area contributed by atoms with E-state index in [4.69, 9.17) is 5.11 Å². The van der Waals surface area contributed by atoms with Gasteiger partial charge in [0.25, 0.3) is 0 Å². The Kier molecular flexibility index (Phi) is 4.19. The third-order valence-corrected chi connectivity index (χ3v) is 2.98. The Morgan fingerprint density at radius 3 is 3.12 bits per heavy atom. The van der Waals surface area contributed by atoms with E-state index in [2.05, 4.69) is 34.9 Å². The second-order valence-corrected chi connectivity index (χ2v) is 4.36. The Morgan fingerprint density at radius 1 is 1.44 bits per heavy atom. The number of nitrogens with one attached hydrogen (secondary N) is 2. The molecule has 1 unspecified atom stereocenters. The largest absolute Gasteiger partial charge is 0.396 e. The van der Waals surface area contributed by atoms with Crippen molar-refractivity contribution in [3.05, 3.63) is 29.8 Å². The zero-order valence-electron chi connectivity index (χ0n) is 9.58. The van der Waals surface area contributed by atoms with Gasteiger partial charge in [0.15, 0.2) is 0 Å². The summed E-state index contributed by atoms with van der Waals surface area (Å²) in [6.07, 6.45) is 2.99. The van der Waals surface area contributed by atoms with Crippen molar-refractivity contribution in [1.29, 1.82) is 0 Å². The van der Waals surface area contributed by atoms with Crippen molar-refractivity contribution in [1.82, 2.24) is 5.32 Å². The van der Waals surface area contributed by atoms with Gasteiger partial charge in [-0.15, -0.1) is 0 Å². The molecule has 0 aliphatic carbocycles. The molecule has 1 aliphatic rings. The minimum absolute atomic E-state index is 0.268. The summed E-state index contributed by atoms with van der Waals surface area (Å²) in [5.41, 5.74) is 2.49. The number of anilines is 1. The lowest BCUT2D eigenvalue weighted by Crippen LogP contribution is -2.22. The highest BCUT2D eigenvalue weighted by molar-refractivity contribution is 5.46. The van der Waals surface area contributed by atoms with Crippen LogP contribution >= 0.6 is 0 Å². The average molecular weight is 220 g/mol. The van der Waals surface area contributed by atoms with Gasteiger partial charge in [0, 0.05) is 24.9 Å². The lowest BCUT2D eigenvalue weighted by Gasteiger charge is -2.13. The van der Waals surface area contributed by atoms with Gasteiger partial charge in [-0.2, -0.15) is 0 Å². The molecule has 0 amide bonds. The van der Waals surface area contributed by atoms with Gasteiger partial charge in [-0.05, 0) is 43.5 Å². The highest BCUT2D eigenvalue weighted by Crippen LogP contribution is 2.15. The summed E-state index contributed by atoms with van der Waals surface area (Å²) in [6.45, 7) is 2.44. The van der Waals surface area contributed by atoms with Crippen LogP contribution in [-0.4, -0.2) is 30.8 Å². The van der Waals surface area contributed by atoms with Gasteiger partial charge >= 0.3 is 0 Å². The zero-order chi connectivity index (χ0) is 11.2. The van der Waals surface area contributed by atoms with E-state index in [9.17, 15) is 0 Å². The van der Waals surface area contributed by atoms with Crippen LogP contribution in [0.1, 0.15) is 18.4 Å². The van der Waals surface area contributed by atoms with Crippen LogP contribution in [0.5, 0.6) is 0 Å². The first-order valence-corrected chi connectivity index (χ1v) is 6.05. The molecular weight excluding hydrogens is 200 g/mol. The molecule has 1 heterocycles. The maximum Gasteiger partial charge on any atom is 0.0434 e. The summed E-state index contributed by atoms with van der Waals surface area (Å²) >= 11 is 0. The molecule has 0 bridgehead atoms. The minimum atomic E-state index is 0.268. The molecule has 1 saturated heterocycles. The molecule has 3 heteroatoms. The van der Waals surface area contributed by atoms with Crippen molar-refractivity contribution in [2.75, 3.05) is 25.0 Å². The molecule has 1 atom stereocenters. The van der Waals surface area contributed by atoms with Crippen LogP contribution in [0.4, 0.5) is 5.69 Å². The van der Waals surface area contributed by atoms with Gasteiger partial charge in [0.05, 0.1) is 0 Å². The Balaban J connectivity index is 1.92. The standard InChI is InChI=1S/C13H20N2O/c16-8-2-4-11-3-1-5-12(9-11)15-13-6-7-14-10-13/h1,3,5,9,13-16H,2,4,6-8,10H2. The van der Waals surface area contributed by atoms with Gasteiger partial charge in [-0.3, -0.25) is 0 Å². The van der Waals surface area contributed by atoms with E-state index in [0.717, 1.165) is 25.9 Å². The first-order valence-electron chi connectivity index (χ1n) is 6.05. The summed E-state index contributed by atoms with van der Waals surface area (Å²) < 4.78 is 0. The van der Waals surface area contributed by atoms with Gasteiger partial charge in [0.1, 0.15) is 0 Å². The maximum atomic E-state index is 8.80. The Bertz CT molecular complexity index is 321. The van der Waals surface area contributed by atoms with Crippen molar-refractivity contribution >= 4 is 5.69 Å². The van der Waals surface area contributed by atoms with Crippen molar-refractivity contribution in [3.63, 3.8) is 0 Å². The molecule has 0 spiro atoms. The molecule has 16 heavy (non-hydrogen) atoms. The molecule has 0 saturated carbocycles. The van der Waals surface area contributed by atoms with E-state index in [1.54, 1.807) is 0 Å². The second-order valence-electron chi connectivity index (χ2n) is 4.36. The van der Waals surface area contributed by atoms with Crippen molar-refractivity contribution in [2.24, 2.45) is 0 Å². The highest BCUT2D eigenvalue weighted by Gasteiger charge is 2.13. The number of hydrogen-bond donors (Lipinski definition) is 3. The monoisotopic (exact) mass is 220 g/mol. The van der Waals surface area contributed by atoms with Crippen LogP contribution in [0.15, 0.2) is 24.3 Å². The second kappa shape index (κ2) is 5.87. The summed E-state index contributed by atoms with van der Waals surface area (Å²) in [5.74, 6) is 0. The maximum absolute atomic E-state index is 8.80. The quantitative estimate of drug-likeness (QED) is 0.702. The van der Waals surface area contributed by atoms with Gasteiger partial charge in [0.2, 0.25) is 0 Å². The normalized spacial score (nSPS) is 19.9. The Morgan fingerprint density at radius 2 is 2.38 bits per heavy atom. The van der Waals surface area contributed by atoms with Gasteiger partial charge in [-0.1, -0.05) is 12.1 Å². The van der Waals surface area contributed by atoms with E-state index in [1.165, 1.54) is 17.7 Å². The molecule has 1 aromatic rings. The molecular formula is C13H20N2O. The van der Waals surface area contributed by atoms with Crippen molar-refractivity contribution in [3.8, 4) is 0 Å². The third-order valence-electron chi connectivity index (χ3n) is 2.98. The minimum Gasteiger partial charge on any atom is -0.396 e. The van der Waals surface area contributed by atoms with Crippen molar-refractivity contribution in [2.45, 2.75) is 25.3 Å². The molecule has 2 rings (SSSR count). The summed E-state index contributed by atoms with van der Waals surface area (Å²) in [5, 5.41) is 15.7. The van der Waals surface area contributed by atoms with Crippen LogP contribution in [0.3, 0.4) is 0 Å². The van der Waals surface area contributed by atoms with E-state index >= 15 is 0 Å². The van der Waals surface area contributed by atoms with E-state index < -0.39 is 0 Å². The Labute approximate surface area is 96.9 Å².